The molecule has 0 saturated carbocycles. The first-order chi connectivity index (χ1) is 15.5. The molecule has 0 aliphatic heterocycles. The van der Waals surface area contributed by atoms with Crippen LogP contribution < -0.4 is 10.6 Å². The fraction of sp³-hybridized carbons (Fsp3) is 0.227. The summed E-state index contributed by atoms with van der Waals surface area (Å²) in [5.74, 6) is -1.83. The first-order valence-electron chi connectivity index (χ1n) is 9.83. The molecule has 0 bridgehead atoms. The minimum atomic E-state index is -4.51. The van der Waals surface area contributed by atoms with Gasteiger partial charge in [-0.2, -0.15) is 18.3 Å². The fourth-order valence-electron chi connectivity index (χ4n) is 2.74. The zero-order chi connectivity index (χ0) is 24.2. The molecular weight excluding hydrogens is 445 g/mol. The van der Waals surface area contributed by atoms with Crippen LogP contribution in [0, 0.1) is 17.6 Å². The van der Waals surface area contributed by atoms with Gasteiger partial charge in [0.25, 0.3) is 5.91 Å². The van der Waals surface area contributed by atoms with Crippen LogP contribution in [0.5, 0.6) is 0 Å². The summed E-state index contributed by atoms with van der Waals surface area (Å²) in [7, 11) is 0. The van der Waals surface area contributed by atoms with Gasteiger partial charge in [0.2, 0.25) is 5.96 Å². The van der Waals surface area contributed by atoms with Gasteiger partial charge in [-0.3, -0.25) is 20.2 Å². The van der Waals surface area contributed by atoms with E-state index in [9.17, 15) is 26.7 Å². The van der Waals surface area contributed by atoms with Crippen LogP contribution in [0.15, 0.2) is 53.5 Å². The summed E-state index contributed by atoms with van der Waals surface area (Å²) in [6.45, 7) is 4.15. The summed E-state index contributed by atoms with van der Waals surface area (Å²) in [4.78, 5) is 16.8. The number of aromatic amines is 1. The summed E-state index contributed by atoms with van der Waals surface area (Å²) in [6, 6.07) is 8.19. The summed E-state index contributed by atoms with van der Waals surface area (Å²) in [5.41, 5.74) is -0.334. The van der Waals surface area contributed by atoms with E-state index in [0.29, 0.717) is 12.2 Å². The first kappa shape index (κ1) is 23.9. The molecule has 0 aliphatic rings. The second-order valence-corrected chi connectivity index (χ2v) is 7.56. The van der Waals surface area contributed by atoms with Crippen LogP contribution in [0.4, 0.5) is 27.8 Å². The van der Waals surface area contributed by atoms with E-state index in [2.05, 4.69) is 25.8 Å². The molecule has 0 unspecified atom stereocenters. The zero-order valence-electron chi connectivity index (χ0n) is 17.6. The predicted molar refractivity (Wildman–Crippen MR) is 114 cm³/mol. The molecular formula is C22H20F5N5O. The van der Waals surface area contributed by atoms with Crippen LogP contribution in [0.2, 0.25) is 0 Å². The van der Waals surface area contributed by atoms with E-state index >= 15 is 0 Å². The maximum absolute atomic E-state index is 13.5. The number of aromatic nitrogens is 2. The minimum Gasteiger partial charge on any atom is -0.309 e. The molecule has 0 spiro atoms. The topological polar surface area (TPSA) is 82.2 Å². The Morgan fingerprint density at radius 2 is 1.70 bits per heavy atom. The Bertz CT molecular complexity index is 1130. The van der Waals surface area contributed by atoms with Crippen molar-refractivity contribution < 1.29 is 26.7 Å². The molecule has 0 aliphatic carbocycles. The van der Waals surface area contributed by atoms with E-state index in [-0.39, 0.29) is 28.8 Å². The number of aliphatic imine (C=N–C) groups is 1. The summed E-state index contributed by atoms with van der Waals surface area (Å²) < 4.78 is 65.2. The van der Waals surface area contributed by atoms with Crippen molar-refractivity contribution >= 4 is 17.7 Å². The van der Waals surface area contributed by atoms with E-state index in [4.69, 9.17) is 0 Å². The number of amides is 1. The summed E-state index contributed by atoms with van der Waals surface area (Å²) >= 11 is 0. The van der Waals surface area contributed by atoms with Crippen molar-refractivity contribution in [2.45, 2.75) is 20.0 Å². The van der Waals surface area contributed by atoms with Crippen LogP contribution >= 0.6 is 0 Å². The largest absolute Gasteiger partial charge is 0.416 e. The highest BCUT2D eigenvalue weighted by Crippen LogP contribution is 2.29. The molecule has 3 N–H and O–H groups in total. The highest BCUT2D eigenvalue weighted by Gasteiger charge is 2.30. The third kappa shape index (κ3) is 6.61. The maximum Gasteiger partial charge on any atom is 0.416 e. The quantitative estimate of drug-likeness (QED) is 0.274. The lowest BCUT2D eigenvalue weighted by molar-refractivity contribution is -0.137. The van der Waals surface area contributed by atoms with E-state index in [1.54, 1.807) is 0 Å². The van der Waals surface area contributed by atoms with Crippen molar-refractivity contribution in [3.63, 3.8) is 0 Å². The number of alkyl halides is 3. The number of benzene rings is 2. The minimum absolute atomic E-state index is 0.000000236. The monoisotopic (exact) mass is 465 g/mol. The van der Waals surface area contributed by atoms with Crippen LogP contribution in [0.1, 0.15) is 29.8 Å². The normalized spacial score (nSPS) is 12.2. The van der Waals surface area contributed by atoms with Crippen LogP contribution in [0.25, 0.3) is 11.3 Å². The first-order valence-corrected chi connectivity index (χ1v) is 9.83. The maximum atomic E-state index is 13.5. The van der Waals surface area contributed by atoms with E-state index in [1.807, 2.05) is 13.8 Å². The average Bonchev–Trinajstić information content (AvgIpc) is 3.19. The van der Waals surface area contributed by atoms with Crippen molar-refractivity contribution in [2.24, 2.45) is 10.9 Å². The number of hydrogen-bond acceptors (Lipinski definition) is 3. The van der Waals surface area contributed by atoms with Crippen molar-refractivity contribution in [3.05, 3.63) is 71.3 Å². The Balaban J connectivity index is 1.77. The van der Waals surface area contributed by atoms with Gasteiger partial charge in [-0.05, 0) is 42.3 Å². The summed E-state index contributed by atoms with van der Waals surface area (Å²) in [6.07, 6.45) is -4.51. The van der Waals surface area contributed by atoms with Gasteiger partial charge in [0.05, 0.1) is 11.3 Å². The third-order valence-electron chi connectivity index (χ3n) is 4.32. The molecule has 0 saturated heterocycles. The molecule has 3 rings (SSSR count). The van der Waals surface area contributed by atoms with Gasteiger partial charge in [-0.15, -0.1) is 0 Å². The Morgan fingerprint density at radius 3 is 2.27 bits per heavy atom. The fourth-order valence-corrected chi connectivity index (χ4v) is 2.74. The Labute approximate surface area is 185 Å². The van der Waals surface area contributed by atoms with E-state index in [1.165, 1.54) is 6.07 Å². The number of halogens is 5. The van der Waals surface area contributed by atoms with Crippen molar-refractivity contribution in [2.75, 3.05) is 11.9 Å². The van der Waals surface area contributed by atoms with Crippen molar-refractivity contribution in [1.29, 1.82) is 0 Å². The van der Waals surface area contributed by atoms with E-state index < -0.39 is 29.3 Å². The number of carbonyl (C=O) groups excluding carboxylic acids is 1. The molecule has 174 valence electrons. The molecule has 1 heterocycles. The highest BCUT2D eigenvalue weighted by molar-refractivity contribution is 6.09. The number of H-pyrrole nitrogens is 1. The van der Waals surface area contributed by atoms with E-state index in [0.717, 1.165) is 42.5 Å². The number of guanidine groups is 1. The standard InChI is InChI=1S/C22H20F5N5O/c1-12(2)11-28-21(30-20(33)13-3-5-15(6-4-13)22(25,26)27)29-19-10-18(31-32-19)14-7-16(23)9-17(24)8-14/h3-10,12H,11H2,1-2H3,(H3,28,29,30,31,32,33). The SMILES string of the molecule is CC(C)CN=C(NC(=O)c1ccc(C(F)(F)F)cc1)Nc1cc(-c2cc(F)cc(F)c2)[nH]n1. The number of nitrogens with one attached hydrogen (secondary N) is 3. The molecule has 0 fully saturated rings. The van der Waals surface area contributed by atoms with Gasteiger partial charge < -0.3 is 5.32 Å². The van der Waals surface area contributed by atoms with Gasteiger partial charge in [0.15, 0.2) is 5.82 Å². The van der Waals surface area contributed by atoms with Gasteiger partial charge in [0, 0.05) is 29.8 Å². The third-order valence-corrected chi connectivity index (χ3v) is 4.32. The molecule has 0 radical (unpaired) electrons. The lowest BCUT2D eigenvalue weighted by Gasteiger charge is -2.11. The smallest absolute Gasteiger partial charge is 0.309 e. The molecule has 0 atom stereocenters. The number of nitrogens with zero attached hydrogens (tertiary/aromatic N) is 2. The van der Waals surface area contributed by atoms with Crippen molar-refractivity contribution in [1.82, 2.24) is 15.5 Å². The van der Waals surface area contributed by atoms with Gasteiger partial charge in [0.1, 0.15) is 11.6 Å². The molecule has 11 heteroatoms. The molecule has 3 aromatic rings. The Kier molecular flexibility index (Phi) is 7.10. The Hall–Kier alpha value is -3.76. The molecule has 1 amide bonds. The molecule has 6 nitrogen and oxygen atoms in total. The van der Waals surface area contributed by atoms with Crippen molar-refractivity contribution in [3.8, 4) is 11.3 Å². The number of carbonyl (C=O) groups is 1. The van der Waals surface area contributed by atoms with Crippen LogP contribution in [0.3, 0.4) is 0 Å². The molecule has 33 heavy (non-hydrogen) atoms. The summed E-state index contributed by atoms with van der Waals surface area (Å²) in [5, 5.41) is 11.9. The number of anilines is 1. The molecule has 1 aromatic heterocycles. The van der Waals surface area contributed by atoms with Gasteiger partial charge >= 0.3 is 6.18 Å². The number of rotatable bonds is 5. The molecule has 2 aromatic carbocycles. The predicted octanol–water partition coefficient (Wildman–Crippen LogP) is 5.23. The lowest BCUT2D eigenvalue weighted by atomic mass is 10.1. The van der Waals surface area contributed by atoms with Crippen LogP contribution in [-0.4, -0.2) is 28.6 Å². The van der Waals surface area contributed by atoms with Gasteiger partial charge in [-0.25, -0.2) is 8.78 Å². The van der Waals surface area contributed by atoms with Gasteiger partial charge in [-0.1, -0.05) is 13.8 Å². The average molecular weight is 465 g/mol. The highest BCUT2D eigenvalue weighted by atomic mass is 19.4. The number of hydrogen-bond donors (Lipinski definition) is 3. The second-order valence-electron chi connectivity index (χ2n) is 7.56. The zero-order valence-corrected chi connectivity index (χ0v) is 17.6. The van der Waals surface area contributed by atoms with Crippen LogP contribution in [-0.2, 0) is 6.18 Å². The second kappa shape index (κ2) is 9.80. The Morgan fingerprint density at radius 1 is 1.06 bits per heavy atom. The lowest BCUT2D eigenvalue weighted by Crippen LogP contribution is -2.36.